The Hall–Kier alpha value is -0.860. The molecule has 2 atom stereocenters. The lowest BCUT2D eigenvalue weighted by Crippen LogP contribution is -2.47. The van der Waals surface area contributed by atoms with Gasteiger partial charge in [0.05, 0.1) is 11.6 Å². The zero-order valence-corrected chi connectivity index (χ0v) is 20.2. The van der Waals surface area contributed by atoms with Crippen molar-refractivity contribution in [1.82, 2.24) is 20.0 Å². The number of amides is 1. The Morgan fingerprint density at radius 2 is 1.87 bits per heavy atom. The lowest BCUT2D eigenvalue weighted by Gasteiger charge is -2.35. The molecular formula is C21H39Cl2N5O2. The summed E-state index contributed by atoms with van der Waals surface area (Å²) in [6.45, 7) is 11.1. The summed E-state index contributed by atoms with van der Waals surface area (Å²) in [4.78, 5) is 15.4. The van der Waals surface area contributed by atoms with Crippen LogP contribution in [0, 0.1) is 19.8 Å². The largest absolute Gasteiger partial charge is 0.381 e. The van der Waals surface area contributed by atoms with Gasteiger partial charge in [-0.05, 0) is 46.0 Å². The number of hydrogen-bond acceptors (Lipinski definition) is 5. The highest BCUT2D eigenvalue weighted by molar-refractivity contribution is 5.85. The first-order valence-corrected chi connectivity index (χ1v) is 10.9. The Kier molecular flexibility index (Phi) is 11.7. The van der Waals surface area contributed by atoms with Crippen molar-refractivity contribution < 1.29 is 9.53 Å². The van der Waals surface area contributed by atoms with Crippen molar-refractivity contribution in [3.05, 3.63) is 17.0 Å². The Bertz CT molecular complexity index is 664. The summed E-state index contributed by atoms with van der Waals surface area (Å²) >= 11 is 0. The average Bonchev–Trinajstić information content (AvgIpc) is 2.84. The van der Waals surface area contributed by atoms with Crippen LogP contribution in [-0.4, -0.2) is 59.0 Å². The zero-order chi connectivity index (χ0) is 20.1. The standard InChI is InChI=1S/C21H37N5O2.2ClH/c1-4-9-26-16(3)20(15(2)24-26)12-23-21(27)17-5-6-18(22)14-25(13-17)19-7-10-28-11-8-19;;/h17-19H,4-14,22H2,1-3H3,(H,23,27);2*1H/t17-,18+;;/m1../s1. The van der Waals surface area contributed by atoms with Gasteiger partial charge in [0, 0.05) is 62.7 Å². The minimum absolute atomic E-state index is 0. The second kappa shape index (κ2) is 12.9. The van der Waals surface area contributed by atoms with Crippen LogP contribution in [0.4, 0.5) is 0 Å². The molecule has 9 heteroatoms. The Balaban J connectivity index is 0.00000225. The highest BCUT2D eigenvalue weighted by Crippen LogP contribution is 2.23. The Morgan fingerprint density at radius 1 is 1.17 bits per heavy atom. The number of aromatic nitrogens is 2. The monoisotopic (exact) mass is 463 g/mol. The normalized spacial score (nSPS) is 23.2. The second-order valence-electron chi connectivity index (χ2n) is 8.42. The molecule has 1 aromatic rings. The van der Waals surface area contributed by atoms with E-state index in [9.17, 15) is 4.79 Å². The van der Waals surface area contributed by atoms with E-state index in [4.69, 9.17) is 10.5 Å². The maximum Gasteiger partial charge on any atom is 0.224 e. The van der Waals surface area contributed by atoms with Crippen LogP contribution in [0.3, 0.4) is 0 Å². The van der Waals surface area contributed by atoms with E-state index in [2.05, 4.69) is 29.2 Å². The fraction of sp³-hybridized carbons (Fsp3) is 0.810. The van der Waals surface area contributed by atoms with E-state index in [0.29, 0.717) is 12.6 Å². The summed E-state index contributed by atoms with van der Waals surface area (Å²) in [7, 11) is 0. The number of nitrogens with two attached hydrogens (primary N) is 1. The van der Waals surface area contributed by atoms with Crippen LogP contribution >= 0.6 is 24.8 Å². The number of nitrogens with one attached hydrogen (secondary N) is 1. The fourth-order valence-corrected chi connectivity index (χ4v) is 4.56. The number of hydrogen-bond donors (Lipinski definition) is 2. The molecule has 0 aromatic carbocycles. The SMILES string of the molecule is CCCn1nc(C)c(CNC(=O)[C@@H]2CC[C@H](N)CN(C3CCOCC3)C2)c1C.Cl.Cl. The molecule has 174 valence electrons. The minimum atomic E-state index is 0. The van der Waals surface area contributed by atoms with Crippen LogP contribution in [0.5, 0.6) is 0 Å². The van der Waals surface area contributed by atoms with Gasteiger partial charge >= 0.3 is 0 Å². The second-order valence-corrected chi connectivity index (χ2v) is 8.42. The summed E-state index contributed by atoms with van der Waals surface area (Å²) in [5.74, 6) is 0.149. The molecule has 0 spiro atoms. The van der Waals surface area contributed by atoms with Gasteiger partial charge in [0.2, 0.25) is 5.91 Å². The third-order valence-corrected chi connectivity index (χ3v) is 6.29. The molecule has 3 heterocycles. The quantitative estimate of drug-likeness (QED) is 0.676. The number of aryl methyl sites for hydroxylation is 2. The number of halogens is 2. The predicted molar refractivity (Wildman–Crippen MR) is 124 cm³/mol. The van der Waals surface area contributed by atoms with Crippen molar-refractivity contribution in [2.45, 2.75) is 78.0 Å². The first kappa shape index (κ1) is 27.2. The number of rotatable bonds is 6. The maximum absolute atomic E-state index is 13.0. The van der Waals surface area contributed by atoms with Gasteiger partial charge in [-0.25, -0.2) is 0 Å². The van der Waals surface area contributed by atoms with Crippen LogP contribution in [0.1, 0.15) is 56.0 Å². The van der Waals surface area contributed by atoms with E-state index in [-0.39, 0.29) is 42.7 Å². The number of nitrogens with zero attached hydrogens (tertiary/aromatic N) is 3. The van der Waals surface area contributed by atoms with Gasteiger partial charge in [-0.15, -0.1) is 24.8 Å². The van der Waals surface area contributed by atoms with Crippen molar-refractivity contribution in [3.63, 3.8) is 0 Å². The molecule has 0 unspecified atom stereocenters. The van der Waals surface area contributed by atoms with E-state index in [1.807, 2.05) is 11.6 Å². The van der Waals surface area contributed by atoms with Crippen molar-refractivity contribution in [3.8, 4) is 0 Å². The summed E-state index contributed by atoms with van der Waals surface area (Å²) in [5, 5.41) is 7.80. The molecule has 7 nitrogen and oxygen atoms in total. The first-order valence-electron chi connectivity index (χ1n) is 10.9. The van der Waals surface area contributed by atoms with Gasteiger partial charge in [0.25, 0.3) is 0 Å². The van der Waals surface area contributed by atoms with Crippen molar-refractivity contribution in [2.75, 3.05) is 26.3 Å². The summed E-state index contributed by atoms with van der Waals surface area (Å²) in [6.07, 6.45) is 4.90. The van der Waals surface area contributed by atoms with Crippen molar-refractivity contribution >= 4 is 30.7 Å². The molecule has 0 radical (unpaired) electrons. The van der Waals surface area contributed by atoms with Gasteiger partial charge in [-0.3, -0.25) is 14.4 Å². The molecule has 1 aromatic heterocycles. The number of likely N-dealkylation sites (tertiary alicyclic amines) is 1. The molecular weight excluding hydrogens is 425 g/mol. The van der Waals surface area contributed by atoms with E-state index in [1.54, 1.807) is 0 Å². The summed E-state index contributed by atoms with van der Waals surface area (Å²) in [6, 6.07) is 0.641. The summed E-state index contributed by atoms with van der Waals surface area (Å²) in [5.41, 5.74) is 9.63. The van der Waals surface area contributed by atoms with Crippen molar-refractivity contribution in [2.24, 2.45) is 11.7 Å². The van der Waals surface area contributed by atoms with E-state index >= 15 is 0 Å². The van der Waals surface area contributed by atoms with E-state index in [1.165, 1.54) is 0 Å². The molecule has 3 rings (SSSR count). The minimum Gasteiger partial charge on any atom is -0.381 e. The number of carbonyl (C=O) groups is 1. The highest BCUT2D eigenvalue weighted by atomic mass is 35.5. The van der Waals surface area contributed by atoms with Crippen LogP contribution in [0.2, 0.25) is 0 Å². The molecule has 0 saturated carbocycles. The summed E-state index contributed by atoms with van der Waals surface area (Å²) < 4.78 is 7.56. The lowest BCUT2D eigenvalue weighted by atomic mass is 10.00. The number of ether oxygens (including phenoxy) is 1. The topological polar surface area (TPSA) is 85.4 Å². The van der Waals surface area contributed by atoms with Crippen LogP contribution in [-0.2, 0) is 22.6 Å². The third-order valence-electron chi connectivity index (χ3n) is 6.29. The molecule has 2 fully saturated rings. The van der Waals surface area contributed by atoms with Gasteiger partial charge in [0.1, 0.15) is 0 Å². The Labute approximate surface area is 193 Å². The predicted octanol–water partition coefficient (Wildman–Crippen LogP) is 2.59. The molecule has 3 N–H and O–H groups in total. The van der Waals surface area contributed by atoms with Crippen LogP contribution in [0.25, 0.3) is 0 Å². The number of carbonyl (C=O) groups excluding carboxylic acids is 1. The van der Waals surface area contributed by atoms with Crippen molar-refractivity contribution in [1.29, 1.82) is 0 Å². The van der Waals surface area contributed by atoms with Gasteiger partial charge < -0.3 is 15.8 Å². The first-order chi connectivity index (χ1) is 13.5. The molecule has 2 aliphatic rings. The van der Waals surface area contributed by atoms with Gasteiger partial charge in [-0.1, -0.05) is 6.92 Å². The average molecular weight is 464 g/mol. The molecule has 30 heavy (non-hydrogen) atoms. The van der Waals surface area contributed by atoms with Gasteiger partial charge in [-0.2, -0.15) is 5.10 Å². The third kappa shape index (κ3) is 6.82. The molecule has 1 amide bonds. The molecule has 0 aliphatic carbocycles. The Morgan fingerprint density at radius 3 is 2.53 bits per heavy atom. The molecule has 2 aliphatic heterocycles. The fourth-order valence-electron chi connectivity index (χ4n) is 4.56. The van der Waals surface area contributed by atoms with E-state index in [0.717, 1.165) is 81.9 Å². The zero-order valence-electron chi connectivity index (χ0n) is 18.6. The molecule has 0 bridgehead atoms. The lowest BCUT2D eigenvalue weighted by molar-refractivity contribution is -0.126. The highest BCUT2D eigenvalue weighted by Gasteiger charge is 2.31. The van der Waals surface area contributed by atoms with E-state index < -0.39 is 0 Å². The van der Waals surface area contributed by atoms with Crippen LogP contribution in [0.15, 0.2) is 0 Å². The molecule has 2 saturated heterocycles. The van der Waals surface area contributed by atoms with Gasteiger partial charge in [0.15, 0.2) is 0 Å². The smallest absolute Gasteiger partial charge is 0.224 e. The maximum atomic E-state index is 13.0. The van der Waals surface area contributed by atoms with Crippen LogP contribution < -0.4 is 11.1 Å².